The lowest BCUT2D eigenvalue weighted by Gasteiger charge is -2.09. The van der Waals surface area contributed by atoms with Crippen LogP contribution in [0.4, 0.5) is 0 Å². The minimum absolute atomic E-state index is 0.0312. The zero-order valence-electron chi connectivity index (χ0n) is 7.29. The standard InChI is InChI=1S/C9H14N2S/c1-3-7(2)4-8(10)9-5-12-6-11-9/h5-6,8H,2-4,10H2,1H3. The first-order valence-electron chi connectivity index (χ1n) is 4.04. The van der Waals surface area contributed by atoms with Crippen LogP contribution >= 0.6 is 11.3 Å². The van der Waals surface area contributed by atoms with E-state index in [1.165, 1.54) is 5.57 Å². The Hall–Kier alpha value is -0.670. The van der Waals surface area contributed by atoms with Gasteiger partial charge in [0.2, 0.25) is 0 Å². The van der Waals surface area contributed by atoms with Crippen LogP contribution in [0.2, 0.25) is 0 Å². The van der Waals surface area contributed by atoms with Gasteiger partial charge in [0.1, 0.15) is 0 Å². The van der Waals surface area contributed by atoms with Crippen molar-refractivity contribution in [2.24, 2.45) is 5.73 Å². The topological polar surface area (TPSA) is 38.9 Å². The lowest BCUT2D eigenvalue weighted by atomic mass is 10.0. The molecule has 1 rings (SSSR count). The number of rotatable bonds is 4. The summed E-state index contributed by atoms with van der Waals surface area (Å²) in [5.74, 6) is 0. The van der Waals surface area contributed by atoms with Crippen molar-refractivity contribution in [1.29, 1.82) is 0 Å². The molecule has 2 N–H and O–H groups in total. The Kier molecular flexibility index (Phi) is 3.44. The highest BCUT2D eigenvalue weighted by Gasteiger charge is 2.07. The summed E-state index contributed by atoms with van der Waals surface area (Å²) in [5, 5.41) is 1.99. The van der Waals surface area contributed by atoms with Gasteiger partial charge in [0.25, 0.3) is 0 Å². The number of aromatic nitrogens is 1. The SMILES string of the molecule is C=C(CC)CC(N)c1cscn1. The minimum Gasteiger partial charge on any atom is -0.322 e. The summed E-state index contributed by atoms with van der Waals surface area (Å²) in [6, 6.07) is 0.0312. The van der Waals surface area contributed by atoms with Gasteiger partial charge in [-0.15, -0.1) is 11.3 Å². The second-order valence-corrected chi connectivity index (χ2v) is 3.55. The van der Waals surface area contributed by atoms with E-state index in [1.807, 2.05) is 10.9 Å². The number of nitrogens with two attached hydrogens (primary N) is 1. The molecule has 12 heavy (non-hydrogen) atoms. The van der Waals surface area contributed by atoms with E-state index >= 15 is 0 Å². The van der Waals surface area contributed by atoms with Gasteiger partial charge in [0.05, 0.1) is 17.2 Å². The van der Waals surface area contributed by atoms with Gasteiger partial charge in [-0.25, -0.2) is 4.98 Å². The molecule has 0 bridgehead atoms. The van der Waals surface area contributed by atoms with E-state index in [1.54, 1.807) is 11.3 Å². The molecule has 66 valence electrons. The second kappa shape index (κ2) is 4.38. The highest BCUT2D eigenvalue weighted by Crippen LogP contribution is 2.18. The molecule has 1 heterocycles. The van der Waals surface area contributed by atoms with Crippen LogP contribution in [-0.4, -0.2) is 4.98 Å². The van der Waals surface area contributed by atoms with Crippen LogP contribution in [0.3, 0.4) is 0 Å². The van der Waals surface area contributed by atoms with Gasteiger partial charge in [-0.1, -0.05) is 19.1 Å². The van der Waals surface area contributed by atoms with Crippen LogP contribution in [0, 0.1) is 0 Å². The van der Waals surface area contributed by atoms with Gasteiger partial charge in [0, 0.05) is 5.38 Å². The largest absolute Gasteiger partial charge is 0.322 e. The Balaban J connectivity index is 2.49. The number of nitrogens with zero attached hydrogens (tertiary/aromatic N) is 1. The molecule has 0 aliphatic rings. The maximum atomic E-state index is 5.90. The lowest BCUT2D eigenvalue weighted by molar-refractivity contribution is 0.684. The van der Waals surface area contributed by atoms with Gasteiger partial charge in [0.15, 0.2) is 0 Å². The van der Waals surface area contributed by atoms with Crippen LogP contribution in [0.1, 0.15) is 31.5 Å². The van der Waals surface area contributed by atoms with Crippen LogP contribution in [-0.2, 0) is 0 Å². The third kappa shape index (κ3) is 2.43. The minimum atomic E-state index is 0.0312. The maximum Gasteiger partial charge on any atom is 0.0795 e. The molecule has 0 aliphatic carbocycles. The van der Waals surface area contributed by atoms with Gasteiger partial charge in [-0.2, -0.15) is 0 Å². The van der Waals surface area contributed by atoms with Crippen molar-refractivity contribution in [3.05, 3.63) is 28.7 Å². The van der Waals surface area contributed by atoms with Crippen molar-refractivity contribution < 1.29 is 0 Å². The Morgan fingerprint density at radius 2 is 2.58 bits per heavy atom. The van der Waals surface area contributed by atoms with Crippen molar-refractivity contribution in [2.45, 2.75) is 25.8 Å². The molecule has 1 atom stereocenters. The van der Waals surface area contributed by atoms with E-state index in [4.69, 9.17) is 5.73 Å². The Labute approximate surface area is 77.1 Å². The third-order valence-electron chi connectivity index (χ3n) is 1.84. The summed E-state index contributed by atoms with van der Waals surface area (Å²) in [4.78, 5) is 4.16. The molecule has 0 fully saturated rings. The smallest absolute Gasteiger partial charge is 0.0795 e. The monoisotopic (exact) mass is 182 g/mol. The molecule has 0 saturated carbocycles. The normalized spacial score (nSPS) is 12.8. The fraction of sp³-hybridized carbons (Fsp3) is 0.444. The quantitative estimate of drug-likeness (QED) is 0.727. The number of thiazole rings is 1. The van der Waals surface area contributed by atoms with Gasteiger partial charge < -0.3 is 5.73 Å². The first kappa shape index (κ1) is 9.42. The molecule has 0 aromatic carbocycles. The predicted molar refractivity (Wildman–Crippen MR) is 53.1 cm³/mol. The van der Waals surface area contributed by atoms with Crippen LogP contribution in [0.15, 0.2) is 23.0 Å². The summed E-state index contributed by atoms with van der Waals surface area (Å²) in [5.41, 5.74) is 9.88. The fourth-order valence-electron chi connectivity index (χ4n) is 0.965. The average molecular weight is 182 g/mol. The van der Waals surface area contributed by atoms with Crippen LogP contribution < -0.4 is 5.73 Å². The maximum absolute atomic E-state index is 5.90. The molecular formula is C9H14N2S. The molecule has 1 unspecified atom stereocenters. The van der Waals surface area contributed by atoms with Crippen LogP contribution in [0.25, 0.3) is 0 Å². The molecule has 1 aromatic rings. The Bertz CT molecular complexity index is 241. The number of hydrogen-bond donors (Lipinski definition) is 1. The van der Waals surface area contributed by atoms with Crippen molar-refractivity contribution in [3.63, 3.8) is 0 Å². The van der Waals surface area contributed by atoms with Crippen molar-refractivity contribution in [3.8, 4) is 0 Å². The van der Waals surface area contributed by atoms with E-state index in [9.17, 15) is 0 Å². The average Bonchev–Trinajstić information content (AvgIpc) is 2.56. The van der Waals surface area contributed by atoms with E-state index in [2.05, 4.69) is 18.5 Å². The van der Waals surface area contributed by atoms with Gasteiger partial charge >= 0.3 is 0 Å². The zero-order chi connectivity index (χ0) is 8.97. The van der Waals surface area contributed by atoms with Crippen molar-refractivity contribution in [2.75, 3.05) is 0 Å². The number of hydrogen-bond acceptors (Lipinski definition) is 3. The zero-order valence-corrected chi connectivity index (χ0v) is 8.10. The molecule has 1 aromatic heterocycles. The van der Waals surface area contributed by atoms with Crippen LogP contribution in [0.5, 0.6) is 0 Å². The molecule has 0 spiro atoms. The summed E-state index contributed by atoms with van der Waals surface area (Å²) in [7, 11) is 0. The Morgan fingerprint density at radius 3 is 3.08 bits per heavy atom. The molecule has 2 nitrogen and oxygen atoms in total. The third-order valence-corrected chi connectivity index (χ3v) is 2.44. The summed E-state index contributed by atoms with van der Waals surface area (Å²) < 4.78 is 0. The molecule has 3 heteroatoms. The molecule has 0 aliphatic heterocycles. The van der Waals surface area contributed by atoms with Crippen molar-refractivity contribution >= 4 is 11.3 Å². The summed E-state index contributed by atoms with van der Waals surface area (Å²) in [6.45, 7) is 6.01. The second-order valence-electron chi connectivity index (χ2n) is 2.83. The predicted octanol–water partition coefficient (Wildman–Crippen LogP) is 2.50. The highest BCUT2D eigenvalue weighted by atomic mass is 32.1. The van der Waals surface area contributed by atoms with E-state index < -0.39 is 0 Å². The van der Waals surface area contributed by atoms with Crippen molar-refractivity contribution in [1.82, 2.24) is 4.98 Å². The highest BCUT2D eigenvalue weighted by molar-refractivity contribution is 7.07. The molecule has 0 radical (unpaired) electrons. The van der Waals surface area contributed by atoms with Gasteiger partial charge in [-0.3, -0.25) is 0 Å². The van der Waals surface area contributed by atoms with E-state index in [-0.39, 0.29) is 6.04 Å². The molecular weight excluding hydrogens is 168 g/mol. The molecule has 0 saturated heterocycles. The molecule has 0 amide bonds. The lowest BCUT2D eigenvalue weighted by Crippen LogP contribution is -2.10. The first-order chi connectivity index (χ1) is 5.74. The first-order valence-corrected chi connectivity index (χ1v) is 4.98. The van der Waals surface area contributed by atoms with Gasteiger partial charge in [-0.05, 0) is 12.8 Å². The Morgan fingerprint density at radius 1 is 1.83 bits per heavy atom. The van der Waals surface area contributed by atoms with E-state index in [0.717, 1.165) is 18.5 Å². The fourth-order valence-corrected chi connectivity index (χ4v) is 1.58. The summed E-state index contributed by atoms with van der Waals surface area (Å²) in [6.07, 6.45) is 1.85. The van der Waals surface area contributed by atoms with E-state index in [0.29, 0.717) is 0 Å². The summed E-state index contributed by atoms with van der Waals surface area (Å²) >= 11 is 1.58.